The van der Waals surface area contributed by atoms with E-state index in [2.05, 4.69) is 11.9 Å². The van der Waals surface area contributed by atoms with Gasteiger partial charge >= 0.3 is 5.97 Å². The Morgan fingerprint density at radius 3 is 2.93 bits per heavy atom. The molecule has 0 aliphatic heterocycles. The zero-order valence-corrected chi connectivity index (χ0v) is 8.45. The first kappa shape index (κ1) is 12.9. The van der Waals surface area contributed by atoms with Gasteiger partial charge in [-0.15, -0.1) is 0 Å². The lowest BCUT2D eigenvalue weighted by atomic mass is 10.4. The monoisotopic (exact) mass is 199 g/mol. The predicted molar refractivity (Wildman–Crippen MR) is 55.3 cm³/mol. The third-order valence-electron chi connectivity index (χ3n) is 1.29. The number of aliphatic carboxylic acids is 1. The number of carboxylic acids is 1. The first-order valence-corrected chi connectivity index (χ1v) is 4.45. The molecule has 2 N–H and O–H groups in total. The minimum Gasteiger partial charge on any atom is -0.478 e. The average Bonchev–Trinajstić information content (AvgIpc) is 2.08. The molecule has 4 heteroatoms. The van der Waals surface area contributed by atoms with Crippen LogP contribution < -0.4 is 5.32 Å². The SMILES string of the molecule is C=C(C)COCCNC/C=C/C(=O)O. The summed E-state index contributed by atoms with van der Waals surface area (Å²) in [4.78, 5) is 10.1. The van der Waals surface area contributed by atoms with Gasteiger partial charge in [0.1, 0.15) is 0 Å². The van der Waals surface area contributed by atoms with Crippen molar-refractivity contribution in [3.05, 3.63) is 24.3 Å². The van der Waals surface area contributed by atoms with Crippen LogP contribution in [-0.4, -0.2) is 37.4 Å². The van der Waals surface area contributed by atoms with Gasteiger partial charge in [0.25, 0.3) is 0 Å². The Hall–Kier alpha value is -1.13. The van der Waals surface area contributed by atoms with E-state index in [0.29, 0.717) is 26.3 Å². The van der Waals surface area contributed by atoms with Gasteiger partial charge in [-0.2, -0.15) is 0 Å². The topological polar surface area (TPSA) is 58.6 Å². The van der Waals surface area contributed by atoms with Gasteiger partial charge in [-0.25, -0.2) is 4.79 Å². The third-order valence-corrected chi connectivity index (χ3v) is 1.29. The molecule has 0 aromatic rings. The van der Waals surface area contributed by atoms with E-state index in [1.807, 2.05) is 6.92 Å². The summed E-state index contributed by atoms with van der Waals surface area (Å²) in [5.41, 5.74) is 0.996. The van der Waals surface area contributed by atoms with Crippen molar-refractivity contribution >= 4 is 5.97 Å². The molecule has 0 spiro atoms. The molecule has 0 amide bonds. The number of rotatable bonds is 8. The molecule has 0 heterocycles. The second-order valence-electron chi connectivity index (χ2n) is 2.95. The quantitative estimate of drug-likeness (QED) is 0.345. The van der Waals surface area contributed by atoms with Gasteiger partial charge in [0.15, 0.2) is 0 Å². The zero-order valence-electron chi connectivity index (χ0n) is 8.45. The molecule has 0 aliphatic rings. The fourth-order valence-corrected chi connectivity index (χ4v) is 0.736. The highest BCUT2D eigenvalue weighted by Crippen LogP contribution is 1.86. The van der Waals surface area contributed by atoms with Crippen LogP contribution in [0.3, 0.4) is 0 Å². The maximum Gasteiger partial charge on any atom is 0.328 e. The fraction of sp³-hybridized carbons (Fsp3) is 0.500. The highest BCUT2D eigenvalue weighted by molar-refractivity contribution is 5.79. The summed E-state index contributed by atoms with van der Waals surface area (Å²) in [6.45, 7) is 8.04. The normalized spacial score (nSPS) is 10.6. The molecule has 14 heavy (non-hydrogen) atoms. The van der Waals surface area contributed by atoms with Crippen LogP contribution in [0.5, 0.6) is 0 Å². The Morgan fingerprint density at radius 2 is 2.36 bits per heavy atom. The summed E-state index contributed by atoms with van der Waals surface area (Å²) in [6.07, 6.45) is 2.67. The molecule has 0 aromatic carbocycles. The molecular weight excluding hydrogens is 182 g/mol. The van der Waals surface area contributed by atoms with Crippen LogP contribution >= 0.6 is 0 Å². The fourth-order valence-electron chi connectivity index (χ4n) is 0.736. The molecule has 0 radical (unpaired) electrons. The van der Waals surface area contributed by atoms with Crippen LogP contribution in [0.1, 0.15) is 6.92 Å². The van der Waals surface area contributed by atoms with Crippen molar-refractivity contribution in [2.45, 2.75) is 6.92 Å². The standard InChI is InChI=1S/C10H17NO3/c1-9(2)8-14-7-6-11-5-3-4-10(12)13/h3-4,11H,1,5-8H2,2H3,(H,12,13)/b4-3+. The smallest absolute Gasteiger partial charge is 0.328 e. The molecule has 0 saturated carbocycles. The van der Waals surface area contributed by atoms with Crippen molar-refractivity contribution in [2.24, 2.45) is 0 Å². The highest BCUT2D eigenvalue weighted by Gasteiger charge is 1.88. The minimum absolute atomic E-state index is 0.544. The van der Waals surface area contributed by atoms with Gasteiger partial charge in [0.2, 0.25) is 0 Å². The average molecular weight is 199 g/mol. The highest BCUT2D eigenvalue weighted by atomic mass is 16.5. The molecule has 0 saturated heterocycles. The van der Waals surface area contributed by atoms with Gasteiger partial charge in [-0.3, -0.25) is 0 Å². The minimum atomic E-state index is -0.926. The first-order chi connectivity index (χ1) is 6.63. The Balaban J connectivity index is 3.14. The maximum absolute atomic E-state index is 10.1. The molecule has 4 nitrogen and oxygen atoms in total. The predicted octanol–water partition coefficient (Wildman–Crippen LogP) is 0.810. The molecule has 0 aromatic heterocycles. The van der Waals surface area contributed by atoms with Crippen LogP contribution in [0.2, 0.25) is 0 Å². The summed E-state index contributed by atoms with van der Waals surface area (Å²) in [6, 6.07) is 0. The lowest BCUT2D eigenvalue weighted by molar-refractivity contribution is -0.131. The summed E-state index contributed by atoms with van der Waals surface area (Å²) < 4.78 is 5.22. The third kappa shape index (κ3) is 10.9. The lowest BCUT2D eigenvalue weighted by Gasteiger charge is -2.03. The molecular formula is C10H17NO3. The zero-order chi connectivity index (χ0) is 10.8. The van der Waals surface area contributed by atoms with Crippen LogP contribution in [0.15, 0.2) is 24.3 Å². The summed E-state index contributed by atoms with van der Waals surface area (Å²) in [7, 11) is 0. The maximum atomic E-state index is 10.1. The summed E-state index contributed by atoms with van der Waals surface area (Å²) in [5, 5.41) is 11.3. The Bertz CT molecular complexity index is 211. The van der Waals surface area contributed by atoms with Crippen molar-refractivity contribution in [3.63, 3.8) is 0 Å². The van der Waals surface area contributed by atoms with Crippen molar-refractivity contribution in [3.8, 4) is 0 Å². The molecule has 0 bridgehead atoms. The van der Waals surface area contributed by atoms with Crippen molar-refractivity contribution in [1.29, 1.82) is 0 Å². The molecule has 80 valence electrons. The van der Waals surface area contributed by atoms with Crippen molar-refractivity contribution in [1.82, 2.24) is 5.32 Å². The van der Waals surface area contributed by atoms with E-state index in [-0.39, 0.29) is 0 Å². The van der Waals surface area contributed by atoms with Crippen molar-refractivity contribution < 1.29 is 14.6 Å². The first-order valence-electron chi connectivity index (χ1n) is 4.45. The number of hydrogen-bond donors (Lipinski definition) is 2. The Morgan fingerprint density at radius 1 is 1.64 bits per heavy atom. The second kappa shape index (κ2) is 8.47. The van der Waals surface area contributed by atoms with E-state index in [0.717, 1.165) is 11.6 Å². The molecule has 0 aliphatic carbocycles. The van der Waals surface area contributed by atoms with E-state index >= 15 is 0 Å². The van der Waals surface area contributed by atoms with Crippen LogP contribution in [0.25, 0.3) is 0 Å². The molecule has 0 rings (SSSR count). The van der Waals surface area contributed by atoms with Gasteiger partial charge < -0.3 is 15.2 Å². The van der Waals surface area contributed by atoms with Crippen molar-refractivity contribution in [2.75, 3.05) is 26.3 Å². The van der Waals surface area contributed by atoms with E-state index in [4.69, 9.17) is 9.84 Å². The lowest BCUT2D eigenvalue weighted by Crippen LogP contribution is -2.20. The van der Waals surface area contributed by atoms with Crippen LogP contribution in [0.4, 0.5) is 0 Å². The van der Waals surface area contributed by atoms with Gasteiger partial charge in [-0.05, 0) is 6.92 Å². The number of carboxylic acid groups (broad SMARTS) is 1. The second-order valence-corrected chi connectivity index (χ2v) is 2.95. The van der Waals surface area contributed by atoms with Gasteiger partial charge in [0.05, 0.1) is 13.2 Å². The Labute approximate surface area is 84.3 Å². The van der Waals surface area contributed by atoms with E-state index in [9.17, 15) is 4.79 Å². The number of nitrogens with one attached hydrogen (secondary N) is 1. The summed E-state index contributed by atoms with van der Waals surface area (Å²) in [5.74, 6) is -0.926. The van der Waals surface area contributed by atoms with Crippen LogP contribution in [-0.2, 0) is 9.53 Å². The Kier molecular flexibility index (Phi) is 7.78. The van der Waals surface area contributed by atoms with Gasteiger partial charge in [0, 0.05) is 19.2 Å². The van der Waals surface area contributed by atoms with E-state index in [1.54, 1.807) is 6.08 Å². The van der Waals surface area contributed by atoms with Crippen LogP contribution in [0, 0.1) is 0 Å². The summed E-state index contributed by atoms with van der Waals surface area (Å²) >= 11 is 0. The largest absolute Gasteiger partial charge is 0.478 e. The molecule has 0 fully saturated rings. The molecule has 0 unspecified atom stereocenters. The number of hydrogen-bond acceptors (Lipinski definition) is 3. The van der Waals surface area contributed by atoms with E-state index < -0.39 is 5.97 Å². The number of carbonyl (C=O) groups is 1. The molecule has 0 atom stereocenters. The van der Waals surface area contributed by atoms with Gasteiger partial charge in [-0.1, -0.05) is 18.2 Å². The van der Waals surface area contributed by atoms with E-state index in [1.165, 1.54) is 0 Å². The number of ether oxygens (including phenoxy) is 1.